The van der Waals surface area contributed by atoms with Gasteiger partial charge in [-0.2, -0.15) is 0 Å². The van der Waals surface area contributed by atoms with Crippen LogP contribution in [-0.4, -0.2) is 10.5 Å². The highest BCUT2D eigenvalue weighted by Crippen LogP contribution is 2.31. The number of benzene rings is 1. The lowest BCUT2D eigenvalue weighted by atomic mass is 9.96. The number of aryl methyl sites for hydroxylation is 1. The molecule has 0 heterocycles. The molecule has 0 fully saturated rings. The van der Waals surface area contributed by atoms with Gasteiger partial charge in [0.15, 0.2) is 0 Å². The molecule has 0 spiro atoms. The third kappa shape index (κ3) is 1.75. The highest BCUT2D eigenvalue weighted by atomic mass is 28.2. The van der Waals surface area contributed by atoms with Crippen molar-refractivity contribution in [1.29, 1.82) is 0 Å². The Morgan fingerprint density at radius 1 is 1.29 bits per heavy atom. The first-order chi connectivity index (χ1) is 6.49. The Kier molecular flexibility index (Phi) is 3.16. The quantitative estimate of drug-likeness (QED) is 0.671. The summed E-state index contributed by atoms with van der Waals surface area (Å²) < 4.78 is 5.21. The second-order valence-electron chi connectivity index (χ2n) is 3.70. The van der Waals surface area contributed by atoms with E-state index >= 15 is 0 Å². The van der Waals surface area contributed by atoms with Gasteiger partial charge in [0.2, 0.25) is 0 Å². The van der Waals surface area contributed by atoms with Gasteiger partial charge in [0, 0.05) is 0 Å². The number of rotatable bonds is 2. The Labute approximate surface area is 89.3 Å². The Bertz CT molecular complexity index is 380. The first-order valence-electron chi connectivity index (χ1n) is 4.59. The summed E-state index contributed by atoms with van der Waals surface area (Å²) in [4.78, 5) is 0. The van der Waals surface area contributed by atoms with Crippen LogP contribution in [0.15, 0.2) is 12.6 Å². The van der Waals surface area contributed by atoms with Crippen LogP contribution in [0, 0.1) is 20.8 Å². The molecule has 0 aliphatic carbocycles. The zero-order chi connectivity index (χ0) is 10.9. The molecule has 0 unspecified atom stereocenters. The van der Waals surface area contributed by atoms with E-state index in [2.05, 4.69) is 37.0 Å². The molecule has 0 N–H and O–H groups in total. The largest absolute Gasteiger partial charge is 0.540 e. The van der Waals surface area contributed by atoms with Crippen molar-refractivity contribution in [2.24, 2.45) is 0 Å². The van der Waals surface area contributed by atoms with E-state index in [-0.39, 0.29) is 0 Å². The van der Waals surface area contributed by atoms with Gasteiger partial charge >= 0.3 is 10.5 Å². The summed E-state index contributed by atoms with van der Waals surface area (Å²) in [7, 11) is 3.10. The van der Waals surface area contributed by atoms with E-state index in [0.717, 1.165) is 16.9 Å². The van der Waals surface area contributed by atoms with Crippen LogP contribution < -0.4 is 4.43 Å². The third-order valence-electron chi connectivity index (χ3n) is 2.60. The molecule has 2 heteroatoms. The number of hydrogen-bond acceptors (Lipinski definition) is 1. The number of hydrogen-bond donors (Lipinski definition) is 0. The standard InChI is InChI=1S/C12H15OSi/c1-7(2)11-6-8(3)9(4)12(13-14)10(11)5/h6H,1H2,2-5H3. The summed E-state index contributed by atoms with van der Waals surface area (Å²) in [6.45, 7) is 12.2. The molecule has 1 rings (SSSR count). The average Bonchev–Trinajstić information content (AvgIpc) is 2.12. The van der Waals surface area contributed by atoms with Crippen molar-refractivity contribution >= 4 is 16.1 Å². The molecule has 0 aromatic heterocycles. The summed E-state index contributed by atoms with van der Waals surface area (Å²) in [5.74, 6) is 0.902. The van der Waals surface area contributed by atoms with Crippen LogP contribution in [0.1, 0.15) is 29.2 Å². The smallest absolute Gasteiger partial charge is 0.341 e. The SMILES string of the molecule is C=C(C)c1cc(C)c(C)c(O[Si])c1C. The van der Waals surface area contributed by atoms with Gasteiger partial charge in [-0.25, -0.2) is 0 Å². The molecule has 0 aliphatic rings. The monoisotopic (exact) mass is 203 g/mol. The molecule has 3 radical (unpaired) electrons. The summed E-state index contributed by atoms with van der Waals surface area (Å²) in [5, 5.41) is 0. The zero-order valence-corrected chi connectivity index (χ0v) is 10.2. The lowest BCUT2D eigenvalue weighted by molar-refractivity contribution is 0.603. The van der Waals surface area contributed by atoms with E-state index in [4.69, 9.17) is 4.43 Å². The van der Waals surface area contributed by atoms with Gasteiger partial charge in [-0.1, -0.05) is 18.2 Å². The van der Waals surface area contributed by atoms with Crippen LogP contribution in [0.5, 0.6) is 5.75 Å². The summed E-state index contributed by atoms with van der Waals surface area (Å²) in [5.41, 5.74) is 5.76. The lowest BCUT2D eigenvalue weighted by Gasteiger charge is -2.15. The van der Waals surface area contributed by atoms with Gasteiger partial charge < -0.3 is 4.43 Å². The van der Waals surface area contributed by atoms with Gasteiger partial charge in [0.05, 0.1) is 0 Å². The maximum atomic E-state index is 5.21. The molecule has 0 bridgehead atoms. The van der Waals surface area contributed by atoms with Crippen molar-refractivity contribution in [3.05, 3.63) is 34.9 Å². The number of allylic oxidation sites excluding steroid dienone is 1. The van der Waals surface area contributed by atoms with E-state index in [1.54, 1.807) is 0 Å². The summed E-state index contributed by atoms with van der Waals surface area (Å²) in [6, 6.07) is 2.15. The van der Waals surface area contributed by atoms with Crippen LogP contribution in [0.4, 0.5) is 0 Å². The molecule has 1 aromatic carbocycles. The van der Waals surface area contributed by atoms with E-state index in [9.17, 15) is 0 Å². The van der Waals surface area contributed by atoms with Crippen LogP contribution in [0.3, 0.4) is 0 Å². The minimum atomic E-state index is 0.902. The molecular formula is C12H15OSi. The van der Waals surface area contributed by atoms with Crippen molar-refractivity contribution in [3.63, 3.8) is 0 Å². The van der Waals surface area contributed by atoms with Crippen molar-refractivity contribution in [1.82, 2.24) is 0 Å². The molecule has 0 atom stereocenters. The summed E-state index contributed by atoms with van der Waals surface area (Å²) >= 11 is 0. The average molecular weight is 203 g/mol. The summed E-state index contributed by atoms with van der Waals surface area (Å²) in [6.07, 6.45) is 0. The second kappa shape index (κ2) is 4.01. The Hall–Kier alpha value is -1.02. The molecule has 73 valence electrons. The van der Waals surface area contributed by atoms with Crippen molar-refractivity contribution in [2.75, 3.05) is 0 Å². The molecule has 0 aliphatic heterocycles. The van der Waals surface area contributed by atoms with E-state index in [1.165, 1.54) is 16.7 Å². The van der Waals surface area contributed by atoms with Crippen LogP contribution in [-0.2, 0) is 0 Å². The fourth-order valence-electron chi connectivity index (χ4n) is 1.61. The zero-order valence-electron chi connectivity index (χ0n) is 9.19. The molecule has 0 saturated carbocycles. The first-order valence-corrected chi connectivity index (χ1v) is 5.00. The minimum absolute atomic E-state index is 0.902. The topological polar surface area (TPSA) is 9.23 Å². The molecule has 0 amide bonds. The van der Waals surface area contributed by atoms with Crippen molar-refractivity contribution < 1.29 is 4.43 Å². The van der Waals surface area contributed by atoms with Gasteiger partial charge in [-0.05, 0) is 49.9 Å². The van der Waals surface area contributed by atoms with Crippen molar-refractivity contribution in [2.45, 2.75) is 27.7 Å². The maximum Gasteiger partial charge on any atom is 0.341 e. The molecule has 0 saturated heterocycles. The predicted octanol–water partition coefficient (Wildman–Crippen LogP) is 3.11. The molecule has 14 heavy (non-hydrogen) atoms. The van der Waals surface area contributed by atoms with Crippen LogP contribution >= 0.6 is 0 Å². The molecule has 1 nitrogen and oxygen atoms in total. The fourth-order valence-corrected chi connectivity index (χ4v) is 1.92. The molecule has 1 aromatic rings. The van der Waals surface area contributed by atoms with Gasteiger partial charge in [0.1, 0.15) is 5.75 Å². The van der Waals surface area contributed by atoms with Gasteiger partial charge in [-0.3, -0.25) is 0 Å². The lowest BCUT2D eigenvalue weighted by Crippen LogP contribution is -1.98. The molecular weight excluding hydrogens is 188 g/mol. The maximum absolute atomic E-state index is 5.21. The van der Waals surface area contributed by atoms with E-state index < -0.39 is 0 Å². The van der Waals surface area contributed by atoms with E-state index in [1.807, 2.05) is 13.8 Å². The van der Waals surface area contributed by atoms with Gasteiger partial charge in [0.25, 0.3) is 0 Å². The van der Waals surface area contributed by atoms with E-state index in [0.29, 0.717) is 0 Å². The minimum Gasteiger partial charge on any atom is -0.540 e. The predicted molar refractivity (Wildman–Crippen MR) is 61.7 cm³/mol. The van der Waals surface area contributed by atoms with Crippen LogP contribution in [0.2, 0.25) is 0 Å². The first kappa shape index (κ1) is 11.1. The normalized spacial score (nSPS) is 10.1. The van der Waals surface area contributed by atoms with Crippen LogP contribution in [0.25, 0.3) is 5.57 Å². The third-order valence-corrected chi connectivity index (χ3v) is 2.80. The Morgan fingerprint density at radius 2 is 1.86 bits per heavy atom. The van der Waals surface area contributed by atoms with Crippen molar-refractivity contribution in [3.8, 4) is 5.75 Å². The highest BCUT2D eigenvalue weighted by molar-refractivity contribution is 6.00. The van der Waals surface area contributed by atoms with Gasteiger partial charge in [-0.15, -0.1) is 0 Å². The Morgan fingerprint density at radius 3 is 2.29 bits per heavy atom. The Balaban J connectivity index is 3.50. The second-order valence-corrected chi connectivity index (χ2v) is 3.91. The highest BCUT2D eigenvalue weighted by Gasteiger charge is 2.10. The fraction of sp³-hybridized carbons (Fsp3) is 0.333.